The molecule has 0 radical (unpaired) electrons. The lowest BCUT2D eigenvalue weighted by molar-refractivity contribution is -0.116. The second-order valence-corrected chi connectivity index (χ2v) is 15.6. The minimum Gasteiger partial charge on any atom is -0.507 e. The van der Waals surface area contributed by atoms with Gasteiger partial charge in [0.15, 0.2) is 11.5 Å². The molecular weight excluding hydrogens is 777 g/mol. The van der Waals surface area contributed by atoms with Crippen LogP contribution in [0.3, 0.4) is 0 Å². The number of carbonyl (C=O) groups excluding carboxylic acids is 4. The van der Waals surface area contributed by atoms with Crippen molar-refractivity contribution in [3.8, 4) is 23.0 Å². The van der Waals surface area contributed by atoms with Gasteiger partial charge < -0.3 is 23.7 Å². The van der Waals surface area contributed by atoms with Crippen LogP contribution >= 0.6 is 0 Å². The summed E-state index contributed by atoms with van der Waals surface area (Å²) in [4.78, 5) is 67.5. The zero-order chi connectivity index (χ0) is 43.8. The van der Waals surface area contributed by atoms with Crippen molar-refractivity contribution in [3.05, 3.63) is 128 Å². The number of rotatable bonds is 19. The molecular formula is C49H52N2O10. The molecule has 2 heterocycles. The highest BCUT2D eigenvalue weighted by atomic mass is 16.5. The zero-order valence-electron chi connectivity index (χ0n) is 35.6. The molecule has 1 N–H and O–H groups in total. The van der Waals surface area contributed by atoms with E-state index in [1.807, 2.05) is 58.9 Å². The average Bonchev–Trinajstić information content (AvgIpc) is 3.48. The van der Waals surface area contributed by atoms with Crippen molar-refractivity contribution in [2.75, 3.05) is 33.4 Å². The van der Waals surface area contributed by atoms with Gasteiger partial charge >= 0.3 is 0 Å². The molecule has 12 heteroatoms. The average molecular weight is 829 g/mol. The van der Waals surface area contributed by atoms with E-state index in [1.54, 1.807) is 48.5 Å². The molecule has 318 valence electrons. The Kier molecular flexibility index (Phi) is 14.1. The van der Waals surface area contributed by atoms with Crippen molar-refractivity contribution in [1.82, 2.24) is 9.80 Å². The molecule has 0 unspecified atom stereocenters. The summed E-state index contributed by atoms with van der Waals surface area (Å²) < 4.78 is 24.8. The molecule has 4 amide bonds. The van der Waals surface area contributed by atoms with Gasteiger partial charge in [-0.1, -0.05) is 53.6 Å². The summed E-state index contributed by atoms with van der Waals surface area (Å²) in [6, 6.07) is 17.1. The molecule has 5 aromatic rings. The predicted molar refractivity (Wildman–Crippen MR) is 234 cm³/mol. The molecule has 12 nitrogen and oxygen atoms in total. The largest absolute Gasteiger partial charge is 0.507 e. The molecule has 0 spiro atoms. The van der Waals surface area contributed by atoms with Crippen molar-refractivity contribution < 1.29 is 42.9 Å². The third-order valence-electron chi connectivity index (χ3n) is 10.7. The Hall–Kier alpha value is -6.69. The summed E-state index contributed by atoms with van der Waals surface area (Å²) in [6.45, 7) is 10.5. The van der Waals surface area contributed by atoms with Crippen LogP contribution in [0, 0.1) is 6.92 Å². The van der Waals surface area contributed by atoms with Gasteiger partial charge in [-0.25, -0.2) is 0 Å². The van der Waals surface area contributed by atoms with E-state index >= 15 is 0 Å². The molecule has 0 saturated heterocycles. The SMILES string of the molecule is COc1c(OCCCCN(C=O)C(=O)c2ccccc2C)cc2oc3cc(OCCCCN4C(=O)c5ccccc5C4=O)c(CC=C(C)C)c(O)c3c(=O)c2c1CC=C(C)C. The highest BCUT2D eigenvalue weighted by molar-refractivity contribution is 6.21. The number of phenols is 1. The monoisotopic (exact) mass is 828 g/mol. The molecule has 6 rings (SSSR count). The van der Waals surface area contributed by atoms with Crippen LogP contribution in [-0.2, 0) is 17.6 Å². The highest BCUT2D eigenvalue weighted by Crippen LogP contribution is 2.42. The molecule has 0 saturated carbocycles. The number of imide groups is 2. The van der Waals surface area contributed by atoms with Crippen LogP contribution in [0.5, 0.6) is 23.0 Å². The first kappa shape index (κ1) is 43.9. The number of fused-ring (bicyclic) bond motifs is 3. The number of nitrogens with zero attached hydrogens (tertiary/aromatic N) is 2. The highest BCUT2D eigenvalue weighted by Gasteiger charge is 2.34. The van der Waals surface area contributed by atoms with Crippen LogP contribution in [0.15, 0.2) is 93.2 Å². The van der Waals surface area contributed by atoms with Crippen LogP contribution < -0.4 is 19.6 Å². The maximum absolute atomic E-state index is 14.6. The normalized spacial score (nSPS) is 12.1. The Morgan fingerprint density at radius 2 is 1.34 bits per heavy atom. The summed E-state index contributed by atoms with van der Waals surface area (Å²) in [5.41, 5.74) is 4.96. The van der Waals surface area contributed by atoms with E-state index in [4.69, 9.17) is 18.6 Å². The molecule has 0 bridgehead atoms. The number of unbranched alkanes of at least 4 members (excludes halogenated alkanes) is 2. The Bertz CT molecular complexity index is 2580. The van der Waals surface area contributed by atoms with Crippen molar-refractivity contribution in [2.24, 2.45) is 0 Å². The van der Waals surface area contributed by atoms with E-state index < -0.39 is 5.43 Å². The molecule has 0 atom stereocenters. The van der Waals surface area contributed by atoms with Crippen molar-refractivity contribution >= 4 is 46.1 Å². The lowest BCUT2D eigenvalue weighted by Crippen LogP contribution is -2.31. The van der Waals surface area contributed by atoms with Crippen LogP contribution in [0.2, 0.25) is 0 Å². The van der Waals surface area contributed by atoms with Gasteiger partial charge in [-0.3, -0.25) is 33.8 Å². The van der Waals surface area contributed by atoms with Gasteiger partial charge in [0.05, 0.1) is 36.8 Å². The Morgan fingerprint density at radius 1 is 0.770 bits per heavy atom. The third kappa shape index (κ3) is 9.54. The van der Waals surface area contributed by atoms with E-state index in [0.717, 1.165) is 21.6 Å². The smallest absolute Gasteiger partial charge is 0.261 e. The number of aromatic hydroxyl groups is 1. The fourth-order valence-corrected chi connectivity index (χ4v) is 7.40. The summed E-state index contributed by atoms with van der Waals surface area (Å²) >= 11 is 0. The number of hydrogen-bond acceptors (Lipinski definition) is 10. The minimum absolute atomic E-state index is 0.0109. The second-order valence-electron chi connectivity index (χ2n) is 15.6. The zero-order valence-corrected chi connectivity index (χ0v) is 35.6. The molecule has 0 aliphatic carbocycles. The summed E-state index contributed by atoms with van der Waals surface area (Å²) in [7, 11) is 1.50. The van der Waals surface area contributed by atoms with Gasteiger partial charge in [0, 0.05) is 41.9 Å². The lowest BCUT2D eigenvalue weighted by Gasteiger charge is -2.19. The van der Waals surface area contributed by atoms with E-state index in [1.165, 1.54) is 12.0 Å². The maximum atomic E-state index is 14.6. The number of methoxy groups -OCH3 is 1. The van der Waals surface area contributed by atoms with Gasteiger partial charge in [-0.05, 0) is 96.9 Å². The number of hydrogen-bond donors (Lipinski definition) is 1. The lowest BCUT2D eigenvalue weighted by atomic mass is 9.98. The van der Waals surface area contributed by atoms with Crippen LogP contribution in [0.1, 0.15) is 101 Å². The van der Waals surface area contributed by atoms with Crippen LogP contribution in [0.4, 0.5) is 0 Å². The fourth-order valence-electron chi connectivity index (χ4n) is 7.40. The van der Waals surface area contributed by atoms with Gasteiger partial charge in [0.1, 0.15) is 28.1 Å². The Balaban J connectivity index is 1.26. The summed E-state index contributed by atoms with van der Waals surface area (Å²) in [5.74, 6) is -0.191. The molecule has 1 aromatic heterocycles. The van der Waals surface area contributed by atoms with Crippen molar-refractivity contribution in [1.29, 1.82) is 0 Å². The van der Waals surface area contributed by atoms with E-state index in [-0.39, 0.29) is 78.1 Å². The van der Waals surface area contributed by atoms with Gasteiger partial charge in [-0.2, -0.15) is 0 Å². The minimum atomic E-state index is -0.436. The standard InChI is InChI=1S/C49H52N2O10/c1-30(2)19-21-36-38(59-25-14-12-24-51-48(56)34-17-9-10-18-35(34)49(51)57)27-40-43(44(36)53)45(54)42-37(22-20-31(3)4)46(58-6)41(28-39(42)61-40)60-26-13-11-23-50(29-52)47(55)33-16-8-7-15-32(33)5/h7-10,15-20,27-29,53H,11-14,21-26H2,1-6H3. The number of phenolic OH excluding ortho intramolecular Hbond substituents is 1. The molecule has 0 fully saturated rings. The quantitative estimate of drug-likeness (QED) is 0.0281. The molecule has 1 aliphatic heterocycles. The Labute approximate surface area is 355 Å². The number of carbonyl (C=O) groups is 4. The van der Waals surface area contributed by atoms with Gasteiger partial charge in [0.25, 0.3) is 17.7 Å². The van der Waals surface area contributed by atoms with Crippen molar-refractivity contribution in [3.63, 3.8) is 0 Å². The number of amides is 4. The van der Waals surface area contributed by atoms with Crippen LogP contribution in [-0.4, -0.2) is 72.5 Å². The number of ether oxygens (including phenoxy) is 3. The van der Waals surface area contributed by atoms with E-state index in [9.17, 15) is 29.1 Å². The fraction of sp³-hybridized carbons (Fsp3) is 0.327. The maximum Gasteiger partial charge on any atom is 0.261 e. The Morgan fingerprint density at radius 3 is 1.97 bits per heavy atom. The molecule has 61 heavy (non-hydrogen) atoms. The summed E-state index contributed by atoms with van der Waals surface area (Å²) in [6.07, 6.45) is 7.03. The van der Waals surface area contributed by atoms with E-state index in [0.29, 0.717) is 83.6 Å². The molecule has 1 aliphatic rings. The van der Waals surface area contributed by atoms with Crippen molar-refractivity contribution in [2.45, 2.75) is 73.1 Å². The van der Waals surface area contributed by atoms with E-state index in [2.05, 4.69) is 0 Å². The summed E-state index contributed by atoms with van der Waals surface area (Å²) in [5, 5.41) is 12.1. The third-order valence-corrected chi connectivity index (χ3v) is 10.7. The topological polar surface area (TPSA) is 153 Å². The first-order valence-electron chi connectivity index (χ1n) is 20.5. The predicted octanol–water partition coefficient (Wildman–Crippen LogP) is 8.90. The number of aryl methyl sites for hydroxylation is 1. The van der Waals surface area contributed by atoms with Gasteiger partial charge in [-0.15, -0.1) is 0 Å². The van der Waals surface area contributed by atoms with Gasteiger partial charge in [0.2, 0.25) is 11.8 Å². The second kappa shape index (κ2) is 19.6. The number of allylic oxidation sites excluding steroid dienone is 4. The first-order valence-corrected chi connectivity index (χ1v) is 20.5. The number of benzene rings is 4. The van der Waals surface area contributed by atoms with Crippen LogP contribution in [0.25, 0.3) is 21.9 Å². The first-order chi connectivity index (χ1) is 29.4. The molecule has 4 aromatic carbocycles.